The van der Waals surface area contributed by atoms with Gasteiger partial charge in [0.1, 0.15) is 13.2 Å². The molecule has 2 N–H and O–H groups in total. The van der Waals surface area contributed by atoms with Gasteiger partial charge in [-0.1, -0.05) is 0 Å². The number of aromatic nitrogens is 5. The molecule has 0 amide bonds. The van der Waals surface area contributed by atoms with Gasteiger partial charge in [-0.3, -0.25) is 9.69 Å². The fourth-order valence-electron chi connectivity index (χ4n) is 4.31. The topological polar surface area (TPSA) is 128 Å². The van der Waals surface area contributed by atoms with E-state index in [1.807, 2.05) is 12.1 Å². The average Bonchev–Trinajstić information content (AvgIpc) is 3.49. The van der Waals surface area contributed by atoms with E-state index in [1.54, 1.807) is 10.7 Å². The van der Waals surface area contributed by atoms with Gasteiger partial charge in [-0.25, -0.2) is 4.68 Å². The smallest absolute Gasteiger partial charge is 0.252 e. The predicted molar refractivity (Wildman–Crippen MR) is 118 cm³/mol. The Bertz CT molecular complexity index is 1160. The lowest BCUT2D eigenvalue weighted by Crippen LogP contribution is -2.30. The number of ether oxygens (including phenoxy) is 3. The fourth-order valence-corrected chi connectivity index (χ4v) is 4.31. The molecule has 4 heterocycles. The van der Waals surface area contributed by atoms with Crippen LogP contribution in [0.4, 0.5) is 0 Å². The van der Waals surface area contributed by atoms with Crippen LogP contribution in [-0.2, 0) is 24.4 Å². The van der Waals surface area contributed by atoms with E-state index in [1.165, 1.54) is 0 Å². The van der Waals surface area contributed by atoms with E-state index in [0.29, 0.717) is 74.2 Å². The van der Waals surface area contributed by atoms with Gasteiger partial charge in [-0.05, 0) is 41.8 Å². The Hall–Kier alpha value is -3.02. The molecule has 0 unspecified atom stereocenters. The average molecular weight is 457 g/mol. The number of benzene rings is 1. The Morgan fingerprint density at radius 2 is 2.00 bits per heavy atom. The molecule has 33 heavy (non-hydrogen) atoms. The summed E-state index contributed by atoms with van der Waals surface area (Å²) in [4.78, 5) is 17.9. The van der Waals surface area contributed by atoms with Gasteiger partial charge in [-0.15, -0.1) is 5.10 Å². The fraction of sp³-hybridized carbons (Fsp3) is 0.545. The Labute approximate surface area is 190 Å². The van der Waals surface area contributed by atoms with Crippen molar-refractivity contribution >= 4 is 10.9 Å². The number of hydrogen-bond donors (Lipinski definition) is 2. The second-order valence-electron chi connectivity index (χ2n) is 8.41. The summed E-state index contributed by atoms with van der Waals surface area (Å²) >= 11 is 0. The highest BCUT2D eigenvalue weighted by Gasteiger charge is 2.21. The zero-order valence-electron chi connectivity index (χ0n) is 18.4. The molecular formula is C22H28N6O5. The van der Waals surface area contributed by atoms with Gasteiger partial charge in [0.25, 0.3) is 5.56 Å². The minimum Gasteiger partial charge on any atom is -0.486 e. The molecule has 2 aromatic heterocycles. The zero-order chi connectivity index (χ0) is 22.6. The van der Waals surface area contributed by atoms with E-state index in [9.17, 15) is 9.90 Å². The van der Waals surface area contributed by atoms with Crippen molar-refractivity contribution in [2.45, 2.75) is 45.0 Å². The summed E-state index contributed by atoms with van der Waals surface area (Å²) in [6, 6.07) is 5.58. The third-order valence-electron chi connectivity index (χ3n) is 5.98. The monoisotopic (exact) mass is 456 g/mol. The molecule has 1 fully saturated rings. The summed E-state index contributed by atoms with van der Waals surface area (Å²) in [7, 11) is 0. The molecule has 0 saturated carbocycles. The number of tetrazole rings is 1. The SMILES string of the molecule is O=c1[nH]c2cc3c(cc2cc1CN(CCCO)Cc1nnnn1C[C@H]1CCCO1)OCCO3. The maximum Gasteiger partial charge on any atom is 0.252 e. The molecule has 1 saturated heterocycles. The number of pyridine rings is 1. The van der Waals surface area contributed by atoms with Gasteiger partial charge >= 0.3 is 0 Å². The summed E-state index contributed by atoms with van der Waals surface area (Å²) in [6.45, 7) is 3.90. The Morgan fingerprint density at radius 3 is 2.79 bits per heavy atom. The first-order valence-electron chi connectivity index (χ1n) is 11.3. The normalized spacial score (nSPS) is 17.8. The van der Waals surface area contributed by atoms with Crippen LogP contribution in [0.5, 0.6) is 11.5 Å². The number of fused-ring (bicyclic) bond motifs is 2. The molecule has 2 aliphatic rings. The number of hydrogen-bond acceptors (Lipinski definition) is 9. The maximum absolute atomic E-state index is 12.8. The summed E-state index contributed by atoms with van der Waals surface area (Å²) < 4.78 is 18.8. The third-order valence-corrected chi connectivity index (χ3v) is 5.98. The summed E-state index contributed by atoms with van der Waals surface area (Å²) in [6.07, 6.45) is 2.75. The second kappa shape index (κ2) is 9.86. The predicted octanol–water partition coefficient (Wildman–Crippen LogP) is 0.849. The van der Waals surface area contributed by atoms with Gasteiger partial charge in [-0.2, -0.15) is 0 Å². The highest BCUT2D eigenvalue weighted by Crippen LogP contribution is 2.33. The molecule has 11 heteroatoms. The van der Waals surface area contributed by atoms with Crippen molar-refractivity contribution in [3.8, 4) is 11.5 Å². The number of nitrogens with zero attached hydrogens (tertiary/aromatic N) is 5. The van der Waals surface area contributed by atoms with Crippen molar-refractivity contribution in [2.24, 2.45) is 0 Å². The molecule has 1 atom stereocenters. The number of aliphatic hydroxyl groups excluding tert-OH is 1. The Balaban J connectivity index is 1.37. The van der Waals surface area contributed by atoms with E-state index in [2.05, 4.69) is 25.4 Å². The van der Waals surface area contributed by atoms with Crippen LogP contribution in [0, 0.1) is 0 Å². The van der Waals surface area contributed by atoms with Crippen molar-refractivity contribution < 1.29 is 19.3 Å². The molecule has 0 aliphatic carbocycles. The molecular weight excluding hydrogens is 428 g/mol. The van der Waals surface area contributed by atoms with Gasteiger partial charge < -0.3 is 24.3 Å². The molecule has 5 rings (SSSR count). The number of H-pyrrole nitrogens is 1. The Kier molecular flexibility index (Phi) is 6.51. The number of aromatic amines is 1. The summed E-state index contributed by atoms with van der Waals surface area (Å²) in [5.41, 5.74) is 1.16. The lowest BCUT2D eigenvalue weighted by atomic mass is 10.1. The van der Waals surface area contributed by atoms with Crippen LogP contribution < -0.4 is 15.0 Å². The largest absolute Gasteiger partial charge is 0.486 e. The molecule has 11 nitrogen and oxygen atoms in total. The maximum atomic E-state index is 12.8. The number of rotatable bonds is 9. The molecule has 3 aromatic rings. The lowest BCUT2D eigenvalue weighted by Gasteiger charge is -2.22. The molecule has 2 aliphatic heterocycles. The standard InChI is InChI=1S/C22H28N6O5/c29-5-2-4-27(14-21-24-25-26-28(21)13-17-3-1-6-31-17)12-16-9-15-10-19-20(33-8-7-32-19)11-18(15)23-22(16)30/h9-11,17,29H,1-8,12-14H2,(H,23,30)/t17-/m1/s1. The van der Waals surface area contributed by atoms with Crippen LogP contribution in [0.2, 0.25) is 0 Å². The quantitative estimate of drug-likeness (QED) is 0.482. The first-order valence-corrected chi connectivity index (χ1v) is 11.3. The highest BCUT2D eigenvalue weighted by molar-refractivity contribution is 5.83. The van der Waals surface area contributed by atoms with Crippen molar-refractivity contribution in [2.75, 3.05) is 33.0 Å². The molecule has 1 aromatic carbocycles. The third kappa shape index (κ3) is 5.00. The van der Waals surface area contributed by atoms with E-state index in [4.69, 9.17) is 14.2 Å². The van der Waals surface area contributed by atoms with Gasteiger partial charge in [0, 0.05) is 43.3 Å². The van der Waals surface area contributed by atoms with Gasteiger partial charge in [0.05, 0.1) is 24.7 Å². The number of aliphatic hydroxyl groups is 1. The molecule has 176 valence electrons. The van der Waals surface area contributed by atoms with Crippen molar-refractivity contribution in [1.29, 1.82) is 0 Å². The van der Waals surface area contributed by atoms with Crippen LogP contribution in [0.25, 0.3) is 10.9 Å². The lowest BCUT2D eigenvalue weighted by molar-refractivity contribution is 0.0915. The second-order valence-corrected chi connectivity index (χ2v) is 8.41. The van der Waals surface area contributed by atoms with Crippen LogP contribution in [0.1, 0.15) is 30.7 Å². The van der Waals surface area contributed by atoms with E-state index < -0.39 is 0 Å². The molecule has 0 bridgehead atoms. The first-order chi connectivity index (χ1) is 16.2. The summed E-state index contributed by atoms with van der Waals surface area (Å²) in [5, 5.41) is 22.4. The van der Waals surface area contributed by atoms with E-state index in [0.717, 1.165) is 24.8 Å². The van der Waals surface area contributed by atoms with Crippen molar-refractivity contribution in [3.05, 3.63) is 39.9 Å². The highest BCUT2D eigenvalue weighted by atomic mass is 16.6. The number of nitrogens with one attached hydrogen (secondary N) is 1. The van der Waals surface area contributed by atoms with E-state index >= 15 is 0 Å². The zero-order valence-corrected chi connectivity index (χ0v) is 18.4. The summed E-state index contributed by atoms with van der Waals surface area (Å²) in [5.74, 6) is 2.03. The van der Waals surface area contributed by atoms with Crippen molar-refractivity contribution in [3.63, 3.8) is 0 Å². The minimum absolute atomic E-state index is 0.0644. The van der Waals surface area contributed by atoms with E-state index in [-0.39, 0.29) is 18.3 Å². The van der Waals surface area contributed by atoms with Crippen LogP contribution in [-0.4, -0.2) is 74.3 Å². The minimum atomic E-state index is -0.160. The molecule has 0 spiro atoms. The molecule has 0 radical (unpaired) electrons. The van der Waals surface area contributed by atoms with Crippen LogP contribution in [0.15, 0.2) is 23.0 Å². The van der Waals surface area contributed by atoms with Crippen molar-refractivity contribution in [1.82, 2.24) is 30.1 Å². The van der Waals surface area contributed by atoms with Gasteiger partial charge in [0.2, 0.25) is 0 Å². The van der Waals surface area contributed by atoms with Crippen LogP contribution >= 0.6 is 0 Å². The first kappa shape index (κ1) is 21.8. The Morgan fingerprint density at radius 1 is 1.15 bits per heavy atom. The van der Waals surface area contributed by atoms with Gasteiger partial charge in [0.15, 0.2) is 17.3 Å². The van der Waals surface area contributed by atoms with Crippen LogP contribution in [0.3, 0.4) is 0 Å².